The summed E-state index contributed by atoms with van der Waals surface area (Å²) in [5, 5.41) is 2.61. The Labute approximate surface area is 134 Å². The van der Waals surface area contributed by atoms with Crippen LogP contribution in [0.2, 0.25) is 0 Å². The highest BCUT2D eigenvalue weighted by Crippen LogP contribution is 2.11. The van der Waals surface area contributed by atoms with E-state index in [1.54, 1.807) is 18.2 Å². The number of aryl methyl sites for hydroxylation is 2. The van der Waals surface area contributed by atoms with E-state index in [4.69, 9.17) is 4.74 Å². The number of amides is 1. The highest BCUT2D eigenvalue weighted by Gasteiger charge is 2.12. The second-order valence-corrected chi connectivity index (χ2v) is 5.30. The quantitative estimate of drug-likeness (QED) is 0.863. The maximum absolute atomic E-state index is 12.8. The van der Waals surface area contributed by atoms with Crippen molar-refractivity contribution >= 4 is 11.9 Å². The first-order valence-electron chi connectivity index (χ1n) is 7.21. The fourth-order valence-electron chi connectivity index (χ4n) is 2.02. The summed E-state index contributed by atoms with van der Waals surface area (Å²) in [5.74, 6) is -1.27. The predicted molar refractivity (Wildman–Crippen MR) is 84.4 cm³/mol. The van der Waals surface area contributed by atoms with Crippen LogP contribution < -0.4 is 5.32 Å². The van der Waals surface area contributed by atoms with Crippen LogP contribution in [0, 0.1) is 19.7 Å². The molecular weight excluding hydrogens is 297 g/mol. The molecule has 2 aromatic rings. The summed E-state index contributed by atoms with van der Waals surface area (Å²) in [6.45, 7) is 3.59. The Morgan fingerprint density at radius 2 is 1.78 bits per heavy atom. The Bertz CT molecular complexity index is 711. The molecule has 0 fully saturated rings. The van der Waals surface area contributed by atoms with Gasteiger partial charge in [0.1, 0.15) is 5.82 Å². The van der Waals surface area contributed by atoms with Crippen molar-refractivity contribution in [1.29, 1.82) is 0 Å². The fourth-order valence-corrected chi connectivity index (χ4v) is 2.02. The van der Waals surface area contributed by atoms with E-state index < -0.39 is 11.9 Å². The van der Waals surface area contributed by atoms with Gasteiger partial charge in [-0.05, 0) is 43.2 Å². The van der Waals surface area contributed by atoms with Crippen LogP contribution in [-0.2, 0) is 16.1 Å². The first-order valence-corrected chi connectivity index (χ1v) is 7.21. The van der Waals surface area contributed by atoms with E-state index >= 15 is 0 Å². The molecule has 2 aromatic carbocycles. The number of ether oxygens (including phenoxy) is 1. The number of esters is 1. The first kappa shape index (κ1) is 16.7. The molecule has 120 valence electrons. The third kappa shape index (κ3) is 4.92. The summed E-state index contributed by atoms with van der Waals surface area (Å²) < 4.78 is 17.8. The van der Waals surface area contributed by atoms with Crippen molar-refractivity contribution < 1.29 is 18.7 Å². The zero-order chi connectivity index (χ0) is 16.8. The third-order valence-corrected chi connectivity index (χ3v) is 3.35. The van der Waals surface area contributed by atoms with Crippen LogP contribution in [0.25, 0.3) is 0 Å². The average Bonchev–Trinajstić information content (AvgIpc) is 2.54. The molecule has 1 N–H and O–H groups in total. The van der Waals surface area contributed by atoms with Crippen molar-refractivity contribution in [2.24, 2.45) is 0 Å². The van der Waals surface area contributed by atoms with Gasteiger partial charge in [0.15, 0.2) is 6.61 Å². The van der Waals surface area contributed by atoms with Crippen LogP contribution in [0.15, 0.2) is 42.5 Å². The van der Waals surface area contributed by atoms with Crippen molar-refractivity contribution in [3.05, 3.63) is 70.5 Å². The molecule has 0 aromatic heterocycles. The molecule has 5 heteroatoms. The number of hydrogen-bond donors (Lipinski definition) is 1. The molecule has 0 radical (unpaired) electrons. The summed E-state index contributed by atoms with van der Waals surface area (Å²) in [6, 6.07) is 11.3. The number of rotatable bonds is 5. The van der Waals surface area contributed by atoms with Crippen LogP contribution in [0.3, 0.4) is 0 Å². The van der Waals surface area contributed by atoms with Gasteiger partial charge in [0.25, 0.3) is 5.91 Å². The van der Waals surface area contributed by atoms with Crippen molar-refractivity contribution in [3.8, 4) is 0 Å². The van der Waals surface area contributed by atoms with E-state index in [-0.39, 0.29) is 19.0 Å². The highest BCUT2D eigenvalue weighted by molar-refractivity contribution is 5.92. The maximum Gasteiger partial charge on any atom is 0.338 e. The molecule has 0 saturated heterocycles. The van der Waals surface area contributed by atoms with Crippen LogP contribution >= 0.6 is 0 Å². The minimum Gasteiger partial charge on any atom is -0.452 e. The number of carbonyl (C=O) groups excluding carboxylic acids is 2. The van der Waals surface area contributed by atoms with Gasteiger partial charge in [-0.15, -0.1) is 0 Å². The van der Waals surface area contributed by atoms with Gasteiger partial charge >= 0.3 is 5.97 Å². The minimum atomic E-state index is -0.525. The van der Waals surface area contributed by atoms with Gasteiger partial charge in [-0.2, -0.15) is 0 Å². The van der Waals surface area contributed by atoms with Gasteiger partial charge in [-0.25, -0.2) is 9.18 Å². The smallest absolute Gasteiger partial charge is 0.338 e. The molecule has 0 saturated carbocycles. The second-order valence-electron chi connectivity index (χ2n) is 5.30. The monoisotopic (exact) mass is 315 g/mol. The fraction of sp³-hybridized carbons (Fsp3) is 0.222. The number of nitrogens with one attached hydrogen (secondary N) is 1. The van der Waals surface area contributed by atoms with Crippen LogP contribution in [0.1, 0.15) is 27.0 Å². The Morgan fingerprint density at radius 3 is 2.48 bits per heavy atom. The Balaban J connectivity index is 1.83. The molecule has 0 aliphatic carbocycles. The number of carbonyl (C=O) groups is 2. The van der Waals surface area contributed by atoms with Gasteiger partial charge in [0.05, 0.1) is 5.56 Å². The molecular formula is C18H18FNO3. The summed E-state index contributed by atoms with van der Waals surface area (Å²) in [4.78, 5) is 23.7. The molecule has 0 heterocycles. The lowest BCUT2D eigenvalue weighted by atomic mass is 10.1. The SMILES string of the molecule is Cc1ccc(C)c(C(=O)OCC(=O)NCc2ccc(F)cc2)c1. The van der Waals surface area contributed by atoms with Crippen LogP contribution in [0.4, 0.5) is 4.39 Å². The molecule has 0 spiro atoms. The lowest BCUT2D eigenvalue weighted by Gasteiger charge is -2.09. The van der Waals surface area contributed by atoms with Gasteiger partial charge < -0.3 is 10.1 Å². The van der Waals surface area contributed by atoms with Crippen molar-refractivity contribution in [3.63, 3.8) is 0 Å². The zero-order valence-electron chi connectivity index (χ0n) is 13.1. The van der Waals surface area contributed by atoms with Gasteiger partial charge in [0, 0.05) is 6.54 Å². The molecule has 0 unspecified atom stereocenters. The van der Waals surface area contributed by atoms with E-state index in [9.17, 15) is 14.0 Å². The lowest BCUT2D eigenvalue weighted by molar-refractivity contribution is -0.124. The molecule has 23 heavy (non-hydrogen) atoms. The summed E-state index contributed by atoms with van der Waals surface area (Å²) in [7, 11) is 0. The van der Waals surface area contributed by atoms with Gasteiger partial charge in [0.2, 0.25) is 0 Å². The molecule has 4 nitrogen and oxygen atoms in total. The zero-order valence-corrected chi connectivity index (χ0v) is 13.1. The van der Waals surface area contributed by atoms with E-state index in [1.807, 2.05) is 26.0 Å². The molecule has 1 amide bonds. The molecule has 0 atom stereocenters. The van der Waals surface area contributed by atoms with Crippen molar-refractivity contribution in [2.45, 2.75) is 20.4 Å². The van der Waals surface area contributed by atoms with Crippen LogP contribution in [-0.4, -0.2) is 18.5 Å². The minimum absolute atomic E-state index is 0.250. The maximum atomic E-state index is 12.8. The number of hydrogen-bond acceptors (Lipinski definition) is 3. The molecule has 2 rings (SSSR count). The van der Waals surface area contributed by atoms with Crippen molar-refractivity contribution in [1.82, 2.24) is 5.32 Å². The highest BCUT2D eigenvalue weighted by atomic mass is 19.1. The second kappa shape index (κ2) is 7.54. The van der Waals surface area contributed by atoms with E-state index in [0.717, 1.165) is 16.7 Å². The van der Waals surface area contributed by atoms with Gasteiger partial charge in [-0.3, -0.25) is 4.79 Å². The van der Waals surface area contributed by atoms with E-state index in [0.29, 0.717) is 5.56 Å². The topological polar surface area (TPSA) is 55.4 Å². The number of benzene rings is 2. The molecule has 0 bridgehead atoms. The molecule has 0 aliphatic heterocycles. The van der Waals surface area contributed by atoms with Crippen molar-refractivity contribution in [2.75, 3.05) is 6.61 Å². The standard InChI is InChI=1S/C18H18FNO3/c1-12-3-4-13(2)16(9-12)18(22)23-11-17(21)20-10-14-5-7-15(19)8-6-14/h3-9H,10-11H2,1-2H3,(H,20,21). The summed E-state index contributed by atoms with van der Waals surface area (Å²) >= 11 is 0. The Hall–Kier alpha value is -2.69. The van der Waals surface area contributed by atoms with Crippen LogP contribution in [0.5, 0.6) is 0 Å². The Morgan fingerprint density at radius 1 is 1.09 bits per heavy atom. The average molecular weight is 315 g/mol. The largest absolute Gasteiger partial charge is 0.452 e. The van der Waals surface area contributed by atoms with E-state index in [1.165, 1.54) is 12.1 Å². The summed E-state index contributed by atoms with van der Waals surface area (Å²) in [5.41, 5.74) is 2.97. The predicted octanol–water partition coefficient (Wildman–Crippen LogP) is 2.92. The molecule has 0 aliphatic rings. The number of halogens is 1. The first-order chi connectivity index (χ1) is 11.0. The Kier molecular flexibility index (Phi) is 5.46. The summed E-state index contributed by atoms with van der Waals surface area (Å²) in [6.07, 6.45) is 0. The van der Waals surface area contributed by atoms with Gasteiger partial charge in [-0.1, -0.05) is 29.8 Å². The third-order valence-electron chi connectivity index (χ3n) is 3.35. The lowest BCUT2D eigenvalue weighted by Crippen LogP contribution is -2.28. The van der Waals surface area contributed by atoms with E-state index in [2.05, 4.69) is 5.32 Å². The normalized spacial score (nSPS) is 10.2.